The Balaban J connectivity index is 2.22. The molecule has 1 atom stereocenters. The molecule has 3 nitrogen and oxygen atoms in total. The predicted molar refractivity (Wildman–Crippen MR) is 85.5 cm³/mol. The number of aliphatic hydroxyl groups is 1. The van der Waals surface area contributed by atoms with Gasteiger partial charge < -0.3 is 10.4 Å². The minimum absolute atomic E-state index is 0.0390. The SMILES string of the molecule is N#Cc1ccc(NCC(CCO)c2ccccc2)c(C(F)(F)F)c1. The van der Waals surface area contributed by atoms with Gasteiger partial charge in [-0.25, -0.2) is 0 Å². The summed E-state index contributed by atoms with van der Waals surface area (Å²) in [6, 6.07) is 14.5. The molecule has 2 rings (SSSR count). The number of nitrogens with one attached hydrogen (secondary N) is 1. The minimum Gasteiger partial charge on any atom is -0.396 e. The zero-order valence-corrected chi connectivity index (χ0v) is 12.8. The first kappa shape index (κ1) is 17.8. The van der Waals surface area contributed by atoms with Gasteiger partial charge in [0.1, 0.15) is 0 Å². The Labute approximate surface area is 138 Å². The molecule has 0 radical (unpaired) electrons. The third-order valence-electron chi connectivity index (χ3n) is 3.74. The van der Waals surface area contributed by atoms with Crippen LogP contribution in [0, 0.1) is 11.3 Å². The van der Waals surface area contributed by atoms with Crippen molar-refractivity contribution < 1.29 is 18.3 Å². The average molecular weight is 334 g/mol. The topological polar surface area (TPSA) is 56.0 Å². The van der Waals surface area contributed by atoms with Crippen molar-refractivity contribution in [2.45, 2.75) is 18.5 Å². The predicted octanol–water partition coefficient (Wildman–Crippen LogP) is 4.16. The van der Waals surface area contributed by atoms with E-state index in [2.05, 4.69) is 5.32 Å². The number of nitrogens with zero attached hydrogens (tertiary/aromatic N) is 1. The van der Waals surface area contributed by atoms with Gasteiger partial charge in [0, 0.05) is 24.8 Å². The molecule has 2 aromatic carbocycles. The average Bonchev–Trinajstić information content (AvgIpc) is 2.58. The summed E-state index contributed by atoms with van der Waals surface area (Å²) in [5.74, 6) is -0.118. The van der Waals surface area contributed by atoms with Crippen LogP contribution in [-0.4, -0.2) is 18.3 Å². The van der Waals surface area contributed by atoms with Crippen LogP contribution in [0.15, 0.2) is 48.5 Å². The highest BCUT2D eigenvalue weighted by molar-refractivity contribution is 5.56. The number of rotatable bonds is 6. The maximum Gasteiger partial charge on any atom is 0.418 e. The Morgan fingerprint density at radius 3 is 2.42 bits per heavy atom. The summed E-state index contributed by atoms with van der Waals surface area (Å²) in [5, 5.41) is 20.8. The van der Waals surface area contributed by atoms with Gasteiger partial charge in [-0.05, 0) is 30.2 Å². The van der Waals surface area contributed by atoms with Crippen LogP contribution in [0.1, 0.15) is 29.0 Å². The van der Waals surface area contributed by atoms with Crippen molar-refractivity contribution in [1.82, 2.24) is 0 Å². The molecular weight excluding hydrogens is 317 g/mol. The van der Waals surface area contributed by atoms with Gasteiger partial charge in [0.05, 0.1) is 17.2 Å². The van der Waals surface area contributed by atoms with E-state index < -0.39 is 11.7 Å². The number of hydrogen-bond acceptors (Lipinski definition) is 3. The van der Waals surface area contributed by atoms with Gasteiger partial charge >= 0.3 is 6.18 Å². The van der Waals surface area contributed by atoms with E-state index in [1.807, 2.05) is 30.3 Å². The summed E-state index contributed by atoms with van der Waals surface area (Å²) in [6.07, 6.45) is -4.11. The first-order valence-electron chi connectivity index (χ1n) is 7.46. The molecule has 6 heteroatoms. The van der Waals surface area contributed by atoms with Gasteiger partial charge in [0.25, 0.3) is 0 Å². The molecule has 0 saturated heterocycles. The van der Waals surface area contributed by atoms with E-state index in [0.717, 1.165) is 11.6 Å². The molecule has 0 aliphatic carbocycles. The summed E-state index contributed by atoms with van der Waals surface area (Å²) in [4.78, 5) is 0. The largest absolute Gasteiger partial charge is 0.418 e. The normalized spacial score (nSPS) is 12.5. The van der Waals surface area contributed by atoms with Crippen LogP contribution >= 0.6 is 0 Å². The van der Waals surface area contributed by atoms with E-state index >= 15 is 0 Å². The van der Waals surface area contributed by atoms with Crippen molar-refractivity contribution in [2.24, 2.45) is 0 Å². The third kappa shape index (κ3) is 4.49. The van der Waals surface area contributed by atoms with Gasteiger partial charge in [0.15, 0.2) is 0 Å². The zero-order valence-electron chi connectivity index (χ0n) is 12.8. The van der Waals surface area contributed by atoms with Gasteiger partial charge in [0.2, 0.25) is 0 Å². The Morgan fingerprint density at radius 2 is 1.83 bits per heavy atom. The number of nitriles is 1. The number of aliphatic hydroxyl groups excluding tert-OH is 1. The molecule has 0 aliphatic heterocycles. The highest BCUT2D eigenvalue weighted by Crippen LogP contribution is 2.36. The Kier molecular flexibility index (Phi) is 5.83. The van der Waals surface area contributed by atoms with Crippen LogP contribution in [-0.2, 0) is 6.18 Å². The van der Waals surface area contributed by atoms with E-state index in [4.69, 9.17) is 5.26 Å². The van der Waals surface area contributed by atoms with Crippen LogP contribution < -0.4 is 5.32 Å². The van der Waals surface area contributed by atoms with Gasteiger partial charge in [-0.2, -0.15) is 18.4 Å². The first-order valence-corrected chi connectivity index (χ1v) is 7.46. The quantitative estimate of drug-likeness (QED) is 0.834. The number of alkyl halides is 3. The van der Waals surface area contributed by atoms with Crippen molar-refractivity contribution >= 4 is 5.69 Å². The fourth-order valence-corrected chi connectivity index (χ4v) is 2.50. The molecule has 0 aliphatic rings. The molecule has 2 aromatic rings. The van der Waals surface area contributed by atoms with Crippen LogP contribution in [0.3, 0.4) is 0 Å². The lowest BCUT2D eigenvalue weighted by atomic mass is 9.95. The molecule has 0 aromatic heterocycles. The van der Waals surface area contributed by atoms with Crippen molar-refractivity contribution in [1.29, 1.82) is 5.26 Å². The number of halogens is 3. The smallest absolute Gasteiger partial charge is 0.396 e. The number of benzene rings is 2. The highest BCUT2D eigenvalue weighted by atomic mass is 19.4. The van der Waals surface area contributed by atoms with Crippen LogP contribution in [0.5, 0.6) is 0 Å². The van der Waals surface area contributed by atoms with Gasteiger partial charge in [-0.1, -0.05) is 30.3 Å². The highest BCUT2D eigenvalue weighted by Gasteiger charge is 2.34. The fraction of sp³-hybridized carbons (Fsp3) is 0.278. The molecular formula is C18H17F3N2O. The Morgan fingerprint density at radius 1 is 1.12 bits per heavy atom. The Hall–Kier alpha value is -2.52. The maximum absolute atomic E-state index is 13.2. The van der Waals surface area contributed by atoms with E-state index in [1.54, 1.807) is 6.07 Å². The Bertz CT molecular complexity index is 708. The second kappa shape index (κ2) is 7.84. The lowest BCUT2D eigenvalue weighted by Crippen LogP contribution is -2.17. The molecule has 0 amide bonds. The van der Waals surface area contributed by atoms with E-state index in [9.17, 15) is 18.3 Å². The lowest BCUT2D eigenvalue weighted by Gasteiger charge is -2.20. The second-order valence-electron chi connectivity index (χ2n) is 5.37. The minimum atomic E-state index is -4.55. The van der Waals surface area contributed by atoms with E-state index in [1.165, 1.54) is 12.1 Å². The maximum atomic E-state index is 13.2. The summed E-state index contributed by atoms with van der Waals surface area (Å²) < 4.78 is 39.5. The summed E-state index contributed by atoms with van der Waals surface area (Å²) in [5.41, 5.74) is -0.0261. The van der Waals surface area contributed by atoms with Crippen LogP contribution in [0.4, 0.5) is 18.9 Å². The molecule has 0 fully saturated rings. The molecule has 2 N–H and O–H groups in total. The molecule has 126 valence electrons. The summed E-state index contributed by atoms with van der Waals surface area (Å²) >= 11 is 0. The van der Waals surface area contributed by atoms with Crippen molar-refractivity contribution in [3.8, 4) is 6.07 Å². The molecule has 24 heavy (non-hydrogen) atoms. The van der Waals surface area contributed by atoms with Gasteiger partial charge in [-0.15, -0.1) is 0 Å². The fourth-order valence-electron chi connectivity index (χ4n) is 2.50. The van der Waals surface area contributed by atoms with E-state index in [0.29, 0.717) is 6.42 Å². The monoisotopic (exact) mass is 334 g/mol. The van der Waals surface area contributed by atoms with Crippen LogP contribution in [0.25, 0.3) is 0 Å². The number of hydrogen-bond donors (Lipinski definition) is 2. The van der Waals surface area contributed by atoms with Crippen molar-refractivity contribution in [3.63, 3.8) is 0 Å². The molecule has 0 bridgehead atoms. The zero-order chi connectivity index (χ0) is 17.6. The first-order chi connectivity index (χ1) is 11.5. The number of anilines is 1. The summed E-state index contributed by atoms with van der Waals surface area (Å²) in [6.45, 7) is 0.195. The van der Waals surface area contributed by atoms with Crippen LogP contribution in [0.2, 0.25) is 0 Å². The molecule has 1 unspecified atom stereocenters. The lowest BCUT2D eigenvalue weighted by molar-refractivity contribution is -0.137. The van der Waals surface area contributed by atoms with Crippen molar-refractivity contribution in [3.05, 3.63) is 65.2 Å². The van der Waals surface area contributed by atoms with Gasteiger partial charge in [-0.3, -0.25) is 0 Å². The van der Waals surface area contributed by atoms with E-state index in [-0.39, 0.29) is 30.3 Å². The molecule has 0 spiro atoms. The molecule has 0 heterocycles. The standard InChI is InChI=1S/C18H17F3N2O/c19-18(20,21)16-10-13(11-22)6-7-17(16)23-12-15(8-9-24)14-4-2-1-3-5-14/h1-7,10,15,23-24H,8-9,12H2. The summed E-state index contributed by atoms with van der Waals surface area (Å²) in [7, 11) is 0. The third-order valence-corrected chi connectivity index (χ3v) is 3.74. The second-order valence-corrected chi connectivity index (χ2v) is 5.37. The molecule has 0 saturated carbocycles. The van der Waals surface area contributed by atoms with Crippen molar-refractivity contribution in [2.75, 3.05) is 18.5 Å².